The van der Waals surface area contributed by atoms with Gasteiger partial charge in [0.25, 0.3) is 5.95 Å². The molecule has 1 aromatic heterocycles. The van der Waals surface area contributed by atoms with E-state index in [1.54, 1.807) is 49.2 Å². The Labute approximate surface area is 304 Å². The predicted molar refractivity (Wildman–Crippen MR) is 185 cm³/mol. The van der Waals surface area contributed by atoms with Crippen molar-refractivity contribution in [1.82, 2.24) is 20.2 Å². The highest BCUT2D eigenvalue weighted by atomic mass is 35.5. The molecule has 0 saturated heterocycles. The molecular formula is C36H41ClF6N6O3. The van der Waals surface area contributed by atoms with Crippen LogP contribution in [0.3, 0.4) is 0 Å². The highest BCUT2D eigenvalue weighted by Crippen LogP contribution is 2.38. The fraction of sp³-hybridized carbons (Fsp3) is 0.444. The van der Waals surface area contributed by atoms with Crippen molar-refractivity contribution in [3.05, 3.63) is 94.5 Å². The minimum Gasteiger partial charge on any atom is -0.481 e. The molecule has 0 amide bonds. The van der Waals surface area contributed by atoms with Crippen molar-refractivity contribution in [3.63, 3.8) is 0 Å². The second-order valence-corrected chi connectivity index (χ2v) is 13.0. The molecule has 1 saturated carbocycles. The number of ether oxygens (including phenoxy) is 1. The summed E-state index contributed by atoms with van der Waals surface area (Å²) in [6.07, 6.45) is -6.97. The van der Waals surface area contributed by atoms with Crippen LogP contribution in [0, 0.1) is 18.8 Å². The van der Waals surface area contributed by atoms with Gasteiger partial charge in [0.15, 0.2) is 0 Å². The maximum Gasteiger partial charge on any atom is 0.573 e. The van der Waals surface area contributed by atoms with Gasteiger partial charge in [-0.15, -0.1) is 30.7 Å². The van der Waals surface area contributed by atoms with Crippen LogP contribution >= 0.6 is 12.4 Å². The first-order valence-electron chi connectivity index (χ1n) is 16.7. The molecule has 1 aliphatic rings. The van der Waals surface area contributed by atoms with E-state index in [1.807, 2.05) is 19.1 Å². The van der Waals surface area contributed by atoms with Gasteiger partial charge in [-0.3, -0.25) is 4.79 Å². The number of aliphatic carboxylic acids is 1. The lowest BCUT2D eigenvalue weighted by Crippen LogP contribution is -2.35. The second-order valence-electron chi connectivity index (χ2n) is 13.0. The first-order chi connectivity index (χ1) is 24.1. The second kappa shape index (κ2) is 16.9. The molecule has 1 aliphatic carbocycles. The number of hydrogen-bond donors (Lipinski definition) is 1. The molecule has 1 atom stereocenters. The van der Waals surface area contributed by atoms with Crippen LogP contribution in [0.1, 0.15) is 66.5 Å². The zero-order valence-electron chi connectivity index (χ0n) is 28.9. The minimum atomic E-state index is -4.95. The number of carbonyl (C=O) groups is 1. The van der Waals surface area contributed by atoms with Crippen molar-refractivity contribution in [3.8, 4) is 5.75 Å². The standard InChI is InChI=1S/C36H40F6N6O3.ClH/c1-4-47(21-24-10-12-27(13-11-24)33(49)50)31-15-14-30(51-36(40,41)42)20-28(31)22-48(34-43-45-46(3)44-34)32(26-8-6-5-7-9-26)19-25-16-23(2)17-29(18-25)35(37,38)39;/h5-9,14-18,20,24,27,32H,4,10-13,19,21-22H2,1-3H3,(H,49,50);1H/t24-,27-,32?;. The molecular weight excluding hydrogens is 714 g/mol. The highest BCUT2D eigenvalue weighted by molar-refractivity contribution is 5.85. The van der Waals surface area contributed by atoms with Gasteiger partial charge in [0.05, 0.1) is 24.6 Å². The minimum absolute atomic E-state index is 0. The van der Waals surface area contributed by atoms with Crippen molar-refractivity contribution in [1.29, 1.82) is 0 Å². The third kappa shape index (κ3) is 10.5. The fourth-order valence-electron chi connectivity index (χ4n) is 6.84. The summed E-state index contributed by atoms with van der Waals surface area (Å²) in [6, 6.07) is 16.3. The van der Waals surface area contributed by atoms with E-state index in [9.17, 15) is 36.2 Å². The van der Waals surface area contributed by atoms with Crippen LogP contribution in [-0.2, 0) is 31.0 Å². The smallest absolute Gasteiger partial charge is 0.481 e. The highest BCUT2D eigenvalue weighted by Gasteiger charge is 2.34. The van der Waals surface area contributed by atoms with Gasteiger partial charge in [-0.2, -0.15) is 18.0 Å². The van der Waals surface area contributed by atoms with Crippen LogP contribution in [0.2, 0.25) is 0 Å². The van der Waals surface area contributed by atoms with E-state index in [1.165, 1.54) is 16.9 Å². The number of alkyl halides is 6. The topological polar surface area (TPSA) is 96.6 Å². The lowest BCUT2D eigenvalue weighted by atomic mass is 9.81. The van der Waals surface area contributed by atoms with Gasteiger partial charge < -0.3 is 19.6 Å². The van der Waals surface area contributed by atoms with Gasteiger partial charge >= 0.3 is 18.5 Å². The summed E-state index contributed by atoms with van der Waals surface area (Å²) in [6.45, 7) is 4.50. The summed E-state index contributed by atoms with van der Waals surface area (Å²) in [5, 5.41) is 22.1. The maximum absolute atomic E-state index is 13.9. The molecule has 1 heterocycles. The Balaban J connectivity index is 0.00000605. The molecule has 52 heavy (non-hydrogen) atoms. The average molecular weight is 755 g/mol. The van der Waals surface area contributed by atoms with Gasteiger partial charge in [0.2, 0.25) is 0 Å². The van der Waals surface area contributed by atoms with Gasteiger partial charge in [0.1, 0.15) is 5.75 Å². The van der Waals surface area contributed by atoms with Crippen LogP contribution in [0.4, 0.5) is 38.0 Å². The van der Waals surface area contributed by atoms with E-state index >= 15 is 0 Å². The molecule has 0 spiro atoms. The summed E-state index contributed by atoms with van der Waals surface area (Å²) in [5.41, 5.74) is 1.81. The predicted octanol–water partition coefficient (Wildman–Crippen LogP) is 8.57. The number of benzene rings is 3. The van der Waals surface area contributed by atoms with Gasteiger partial charge in [0, 0.05) is 25.3 Å². The largest absolute Gasteiger partial charge is 0.573 e. The Morgan fingerprint density at radius 2 is 1.69 bits per heavy atom. The lowest BCUT2D eigenvalue weighted by Gasteiger charge is -2.36. The fourth-order valence-corrected chi connectivity index (χ4v) is 6.84. The number of rotatable bonds is 13. The first-order valence-corrected chi connectivity index (χ1v) is 16.7. The molecule has 0 aliphatic heterocycles. The van der Waals surface area contributed by atoms with Crippen molar-refractivity contribution < 1.29 is 41.0 Å². The Hall–Kier alpha value is -4.53. The van der Waals surface area contributed by atoms with Crippen LogP contribution in [-0.4, -0.2) is 50.7 Å². The molecule has 282 valence electrons. The molecule has 1 unspecified atom stereocenters. The number of hydrogen-bond acceptors (Lipinski definition) is 7. The number of carboxylic acids is 1. The molecule has 1 N–H and O–H groups in total. The molecule has 0 radical (unpaired) electrons. The first kappa shape index (κ1) is 40.2. The van der Waals surface area contributed by atoms with Crippen LogP contribution in [0.25, 0.3) is 0 Å². The van der Waals surface area contributed by atoms with Gasteiger partial charge in [-0.25, -0.2) is 0 Å². The van der Waals surface area contributed by atoms with E-state index in [2.05, 4.69) is 25.0 Å². The molecule has 3 aromatic carbocycles. The summed E-state index contributed by atoms with van der Waals surface area (Å²) < 4.78 is 86.4. The lowest BCUT2D eigenvalue weighted by molar-refractivity contribution is -0.274. The van der Waals surface area contributed by atoms with Gasteiger partial charge in [-0.05, 0) is 104 Å². The van der Waals surface area contributed by atoms with E-state index in [0.717, 1.165) is 12.1 Å². The monoisotopic (exact) mass is 754 g/mol. The zero-order valence-corrected chi connectivity index (χ0v) is 29.7. The number of carboxylic acid groups (broad SMARTS) is 1. The number of halogens is 7. The maximum atomic E-state index is 13.9. The number of aryl methyl sites for hydroxylation is 2. The van der Waals surface area contributed by atoms with Gasteiger partial charge in [-0.1, -0.05) is 47.1 Å². The summed E-state index contributed by atoms with van der Waals surface area (Å²) in [4.78, 5) is 16.6. The van der Waals surface area contributed by atoms with Crippen molar-refractivity contribution in [2.45, 2.75) is 71.1 Å². The van der Waals surface area contributed by atoms with E-state index < -0.39 is 41.8 Å². The summed E-state index contributed by atoms with van der Waals surface area (Å²) in [7, 11) is 1.56. The van der Waals surface area contributed by atoms with E-state index in [4.69, 9.17) is 0 Å². The summed E-state index contributed by atoms with van der Waals surface area (Å²) >= 11 is 0. The Morgan fingerprint density at radius 1 is 1.00 bits per heavy atom. The third-order valence-corrected chi connectivity index (χ3v) is 9.23. The van der Waals surface area contributed by atoms with Crippen LogP contribution in [0.15, 0.2) is 66.7 Å². The van der Waals surface area contributed by atoms with Crippen molar-refractivity contribution >= 4 is 30.0 Å². The summed E-state index contributed by atoms with van der Waals surface area (Å²) in [5.74, 6) is -1.35. The molecule has 16 heteroatoms. The number of tetrazole rings is 1. The number of anilines is 2. The molecule has 1 fully saturated rings. The Bertz CT molecular complexity index is 1780. The quantitative estimate of drug-likeness (QED) is 0.136. The molecule has 9 nitrogen and oxygen atoms in total. The average Bonchev–Trinajstić information content (AvgIpc) is 3.50. The van der Waals surface area contributed by atoms with E-state index in [0.29, 0.717) is 66.7 Å². The van der Waals surface area contributed by atoms with E-state index in [-0.39, 0.29) is 37.2 Å². The Kier molecular flexibility index (Phi) is 13.1. The van der Waals surface area contributed by atoms with Crippen LogP contribution < -0.4 is 14.5 Å². The number of aromatic nitrogens is 4. The molecule has 0 bridgehead atoms. The Morgan fingerprint density at radius 3 is 2.27 bits per heavy atom. The van der Waals surface area contributed by atoms with Crippen LogP contribution in [0.5, 0.6) is 5.75 Å². The van der Waals surface area contributed by atoms with Crippen molar-refractivity contribution in [2.75, 3.05) is 22.9 Å². The zero-order chi connectivity index (χ0) is 36.9. The normalized spacial score (nSPS) is 16.9. The molecule has 5 rings (SSSR count). The SMILES string of the molecule is CCN(C[C@H]1CC[C@H](C(=O)O)CC1)c1ccc(OC(F)(F)F)cc1CN(c1nnn(C)n1)C(Cc1cc(C)cc(C(F)(F)F)c1)c1ccccc1.Cl. The number of nitrogens with zero attached hydrogens (tertiary/aromatic N) is 6. The molecule has 4 aromatic rings. The van der Waals surface area contributed by atoms with Crippen molar-refractivity contribution in [2.24, 2.45) is 18.9 Å². The third-order valence-electron chi connectivity index (χ3n) is 9.23.